The molecule has 152 valence electrons. The van der Waals surface area contributed by atoms with E-state index in [2.05, 4.69) is 20.6 Å². The minimum atomic E-state index is -3.68. The number of nitrogens with zero attached hydrogens (tertiary/aromatic N) is 4. The molecule has 0 aliphatic carbocycles. The first-order chi connectivity index (χ1) is 13.3. The number of piperidine rings is 1. The molecule has 2 aliphatic heterocycles. The fraction of sp³-hybridized carbons (Fsp3) is 0.562. The Bertz CT molecular complexity index is 862. The van der Waals surface area contributed by atoms with Gasteiger partial charge >= 0.3 is 0 Å². The molecular formula is C16H22N6O5S. The minimum absolute atomic E-state index is 0.0206. The van der Waals surface area contributed by atoms with E-state index in [0.717, 1.165) is 17.0 Å². The number of carbonyl (C=O) groups is 3. The van der Waals surface area contributed by atoms with Crippen LogP contribution in [0.25, 0.3) is 0 Å². The average Bonchev–Trinajstić information content (AvgIpc) is 2.68. The highest BCUT2D eigenvalue weighted by Crippen LogP contribution is 2.17. The summed E-state index contributed by atoms with van der Waals surface area (Å²) >= 11 is 0. The Labute approximate surface area is 162 Å². The molecule has 0 saturated carbocycles. The Morgan fingerprint density at radius 2 is 1.96 bits per heavy atom. The summed E-state index contributed by atoms with van der Waals surface area (Å²) < 4.78 is 25.4. The van der Waals surface area contributed by atoms with E-state index in [1.807, 2.05) is 0 Å². The van der Waals surface area contributed by atoms with Gasteiger partial charge in [-0.2, -0.15) is 4.31 Å². The molecule has 2 atom stereocenters. The van der Waals surface area contributed by atoms with Gasteiger partial charge in [-0.25, -0.2) is 18.4 Å². The van der Waals surface area contributed by atoms with E-state index >= 15 is 0 Å². The molecule has 3 heterocycles. The van der Waals surface area contributed by atoms with Crippen molar-refractivity contribution in [3.8, 4) is 0 Å². The maximum Gasteiger partial charge on any atom is 0.257 e. The van der Waals surface area contributed by atoms with Crippen molar-refractivity contribution in [3.63, 3.8) is 0 Å². The summed E-state index contributed by atoms with van der Waals surface area (Å²) in [4.78, 5) is 46.4. The fourth-order valence-corrected chi connectivity index (χ4v) is 4.37. The van der Waals surface area contributed by atoms with Gasteiger partial charge in [0.05, 0.1) is 11.8 Å². The predicted octanol–water partition coefficient (Wildman–Crippen LogP) is -2.04. The lowest BCUT2D eigenvalue weighted by Crippen LogP contribution is -2.63. The quantitative estimate of drug-likeness (QED) is 0.582. The number of hydrogen-bond acceptors (Lipinski definition) is 7. The van der Waals surface area contributed by atoms with Crippen LogP contribution in [-0.2, 0) is 19.6 Å². The SMILES string of the molecule is CS(=O)(=O)N1CCN(C(=O)c2cncnc2)C[C@H]1C(=O)N[C@H]1CCCNC1=O. The number of sulfonamides is 1. The summed E-state index contributed by atoms with van der Waals surface area (Å²) in [6.45, 7) is 0.536. The molecule has 12 heteroatoms. The van der Waals surface area contributed by atoms with Crippen molar-refractivity contribution < 1.29 is 22.8 Å². The second-order valence-electron chi connectivity index (χ2n) is 6.76. The number of aromatic nitrogens is 2. The third-order valence-electron chi connectivity index (χ3n) is 4.76. The maximum absolute atomic E-state index is 12.8. The molecule has 1 aromatic rings. The Balaban J connectivity index is 1.78. The van der Waals surface area contributed by atoms with E-state index in [0.29, 0.717) is 13.0 Å². The van der Waals surface area contributed by atoms with Crippen LogP contribution >= 0.6 is 0 Å². The largest absolute Gasteiger partial charge is 0.354 e. The minimum Gasteiger partial charge on any atom is -0.354 e. The second-order valence-corrected chi connectivity index (χ2v) is 8.70. The van der Waals surface area contributed by atoms with Crippen LogP contribution in [0.1, 0.15) is 23.2 Å². The lowest BCUT2D eigenvalue weighted by atomic mass is 10.1. The zero-order chi connectivity index (χ0) is 20.3. The molecule has 2 N–H and O–H groups in total. The second kappa shape index (κ2) is 8.19. The van der Waals surface area contributed by atoms with Gasteiger partial charge in [0, 0.05) is 38.6 Å². The number of amides is 3. The number of piperazine rings is 1. The normalized spacial score (nSPS) is 23.8. The smallest absolute Gasteiger partial charge is 0.257 e. The first kappa shape index (κ1) is 20.1. The Morgan fingerprint density at radius 1 is 1.25 bits per heavy atom. The van der Waals surface area contributed by atoms with E-state index in [1.54, 1.807) is 0 Å². The van der Waals surface area contributed by atoms with Crippen LogP contribution in [0.5, 0.6) is 0 Å². The van der Waals surface area contributed by atoms with Crippen molar-refractivity contribution in [3.05, 3.63) is 24.3 Å². The van der Waals surface area contributed by atoms with Gasteiger partial charge in [0.2, 0.25) is 21.8 Å². The summed E-state index contributed by atoms with van der Waals surface area (Å²) in [6, 6.07) is -1.83. The van der Waals surface area contributed by atoms with Gasteiger partial charge in [0.25, 0.3) is 5.91 Å². The van der Waals surface area contributed by atoms with Gasteiger partial charge < -0.3 is 15.5 Å². The van der Waals surface area contributed by atoms with Crippen LogP contribution in [0.2, 0.25) is 0 Å². The molecule has 2 saturated heterocycles. The van der Waals surface area contributed by atoms with Crippen LogP contribution in [0.3, 0.4) is 0 Å². The number of nitrogens with one attached hydrogen (secondary N) is 2. The van der Waals surface area contributed by atoms with Crippen LogP contribution in [-0.4, -0.2) is 89.8 Å². The molecule has 2 aliphatic rings. The highest BCUT2D eigenvalue weighted by molar-refractivity contribution is 7.88. The van der Waals surface area contributed by atoms with Crippen molar-refractivity contribution in [2.75, 3.05) is 32.4 Å². The van der Waals surface area contributed by atoms with Crippen LogP contribution in [0.15, 0.2) is 18.7 Å². The third-order valence-corrected chi connectivity index (χ3v) is 6.05. The van der Waals surface area contributed by atoms with Gasteiger partial charge in [0.1, 0.15) is 18.4 Å². The first-order valence-electron chi connectivity index (χ1n) is 8.86. The monoisotopic (exact) mass is 410 g/mol. The van der Waals surface area contributed by atoms with Crippen LogP contribution in [0.4, 0.5) is 0 Å². The van der Waals surface area contributed by atoms with Crippen molar-refractivity contribution >= 4 is 27.7 Å². The molecule has 11 nitrogen and oxygen atoms in total. The zero-order valence-electron chi connectivity index (χ0n) is 15.4. The lowest BCUT2D eigenvalue weighted by Gasteiger charge is -2.39. The Kier molecular flexibility index (Phi) is 5.89. The third kappa shape index (κ3) is 4.44. The summed E-state index contributed by atoms with van der Waals surface area (Å²) in [5, 5.41) is 5.29. The van der Waals surface area contributed by atoms with Gasteiger partial charge in [-0.1, -0.05) is 0 Å². The highest BCUT2D eigenvalue weighted by Gasteiger charge is 2.40. The molecule has 0 unspecified atom stereocenters. The molecule has 3 rings (SSSR count). The van der Waals surface area contributed by atoms with Gasteiger partial charge in [-0.05, 0) is 12.8 Å². The standard InChI is InChI=1S/C16H22N6O5S/c1-28(26,27)22-6-5-21(16(25)11-7-17-10-18-8-11)9-13(22)15(24)20-12-3-2-4-19-14(12)23/h7-8,10,12-13H,2-6,9H2,1H3,(H,19,23)(H,20,24)/t12-,13-/m0/s1. The predicted molar refractivity (Wildman–Crippen MR) is 97.4 cm³/mol. The maximum atomic E-state index is 12.8. The van der Waals surface area contributed by atoms with E-state index in [9.17, 15) is 22.8 Å². The van der Waals surface area contributed by atoms with E-state index < -0.39 is 28.0 Å². The van der Waals surface area contributed by atoms with Crippen molar-refractivity contribution in [1.82, 2.24) is 29.8 Å². The molecule has 0 aromatic carbocycles. The molecule has 0 bridgehead atoms. The van der Waals surface area contributed by atoms with Crippen molar-refractivity contribution in [2.24, 2.45) is 0 Å². The van der Waals surface area contributed by atoms with Gasteiger partial charge in [0.15, 0.2) is 0 Å². The molecule has 28 heavy (non-hydrogen) atoms. The van der Waals surface area contributed by atoms with Crippen LogP contribution < -0.4 is 10.6 Å². The topological polar surface area (TPSA) is 142 Å². The molecule has 0 spiro atoms. The fourth-order valence-electron chi connectivity index (χ4n) is 3.33. The summed E-state index contributed by atoms with van der Waals surface area (Å²) in [6.07, 6.45) is 6.23. The van der Waals surface area contributed by atoms with E-state index in [1.165, 1.54) is 23.6 Å². The zero-order valence-corrected chi connectivity index (χ0v) is 16.2. The number of rotatable bonds is 4. The molecular weight excluding hydrogens is 388 g/mol. The van der Waals surface area contributed by atoms with E-state index in [-0.39, 0.29) is 37.0 Å². The van der Waals surface area contributed by atoms with Crippen LogP contribution in [0, 0.1) is 0 Å². The van der Waals surface area contributed by atoms with Crippen molar-refractivity contribution in [1.29, 1.82) is 0 Å². The van der Waals surface area contributed by atoms with Gasteiger partial charge in [-0.15, -0.1) is 0 Å². The average molecular weight is 410 g/mol. The molecule has 3 amide bonds. The number of hydrogen-bond donors (Lipinski definition) is 2. The van der Waals surface area contributed by atoms with Gasteiger partial charge in [-0.3, -0.25) is 14.4 Å². The lowest BCUT2D eigenvalue weighted by molar-refractivity contribution is -0.132. The molecule has 2 fully saturated rings. The molecule has 1 aromatic heterocycles. The summed E-state index contributed by atoms with van der Waals surface area (Å²) in [7, 11) is -3.68. The summed E-state index contributed by atoms with van der Waals surface area (Å²) in [5.41, 5.74) is 0.251. The van der Waals surface area contributed by atoms with E-state index in [4.69, 9.17) is 0 Å². The Morgan fingerprint density at radius 3 is 2.61 bits per heavy atom. The molecule has 0 radical (unpaired) electrons. The Hall–Kier alpha value is -2.60. The van der Waals surface area contributed by atoms with Crippen molar-refractivity contribution in [2.45, 2.75) is 24.9 Å². The first-order valence-corrected chi connectivity index (χ1v) is 10.7. The summed E-state index contributed by atoms with van der Waals surface area (Å²) in [5.74, 6) is -1.29. The highest BCUT2D eigenvalue weighted by atomic mass is 32.2. The number of carbonyl (C=O) groups excluding carboxylic acids is 3.